The van der Waals surface area contributed by atoms with Crippen LogP contribution in [-0.2, 0) is 6.42 Å². The molecule has 0 aliphatic carbocycles. The molecule has 0 amide bonds. The number of nitrogens with one attached hydrogen (secondary N) is 1. The molecule has 0 aliphatic heterocycles. The van der Waals surface area contributed by atoms with E-state index in [4.69, 9.17) is 17.0 Å². The third kappa shape index (κ3) is 2.84. The lowest BCUT2D eigenvalue weighted by Gasteiger charge is -2.12. The third-order valence-corrected chi connectivity index (χ3v) is 3.45. The van der Waals surface area contributed by atoms with Gasteiger partial charge in [0.2, 0.25) is 0 Å². The summed E-state index contributed by atoms with van der Waals surface area (Å²) in [5.41, 5.74) is 3.13. The molecule has 0 spiro atoms. The predicted molar refractivity (Wildman–Crippen MR) is 80.1 cm³/mol. The molecule has 0 unspecified atom stereocenters. The number of nitrogens with zero attached hydrogens (tertiary/aromatic N) is 1. The van der Waals surface area contributed by atoms with Crippen LogP contribution in [0.1, 0.15) is 25.1 Å². The van der Waals surface area contributed by atoms with E-state index in [1.165, 1.54) is 0 Å². The van der Waals surface area contributed by atoms with Gasteiger partial charge in [-0.2, -0.15) is 0 Å². The smallest absolute Gasteiger partial charge is 0.142 e. The van der Waals surface area contributed by atoms with Crippen LogP contribution in [0.3, 0.4) is 0 Å². The Kier molecular flexibility index (Phi) is 4.32. The van der Waals surface area contributed by atoms with E-state index in [0.29, 0.717) is 11.2 Å². The fourth-order valence-electron chi connectivity index (χ4n) is 2.00. The highest BCUT2D eigenvalue weighted by Gasteiger charge is 2.10. The first-order valence-corrected chi connectivity index (χ1v) is 6.90. The Balaban J connectivity index is 2.59. The molecule has 100 valence electrons. The summed E-state index contributed by atoms with van der Waals surface area (Å²) < 4.78 is 6.29. The summed E-state index contributed by atoms with van der Waals surface area (Å²) in [4.78, 5) is 7.83. The van der Waals surface area contributed by atoms with Crippen LogP contribution in [0.2, 0.25) is 0 Å². The Morgan fingerprint density at radius 1 is 1.26 bits per heavy atom. The third-order valence-electron chi connectivity index (χ3n) is 3.05. The van der Waals surface area contributed by atoms with Crippen LogP contribution in [0.15, 0.2) is 24.3 Å². The van der Waals surface area contributed by atoms with Crippen molar-refractivity contribution < 1.29 is 4.74 Å². The number of rotatable bonds is 4. The Morgan fingerprint density at radius 3 is 2.68 bits per heavy atom. The Hall–Kier alpha value is -1.68. The van der Waals surface area contributed by atoms with E-state index in [1.807, 2.05) is 38.1 Å². The number of aryl methyl sites for hydroxylation is 1. The molecule has 0 saturated carbocycles. The number of aromatic nitrogens is 2. The average Bonchev–Trinajstić information content (AvgIpc) is 2.43. The van der Waals surface area contributed by atoms with Gasteiger partial charge < -0.3 is 9.72 Å². The van der Waals surface area contributed by atoms with Gasteiger partial charge >= 0.3 is 0 Å². The van der Waals surface area contributed by atoms with Crippen LogP contribution in [0.25, 0.3) is 11.4 Å². The van der Waals surface area contributed by atoms with Crippen LogP contribution in [0.4, 0.5) is 0 Å². The van der Waals surface area contributed by atoms with Gasteiger partial charge in [0.05, 0.1) is 12.2 Å². The maximum atomic E-state index is 5.64. The molecule has 1 aromatic heterocycles. The molecule has 2 aromatic rings. The summed E-state index contributed by atoms with van der Waals surface area (Å²) in [5, 5.41) is 0. The number of H-pyrrole nitrogens is 1. The van der Waals surface area contributed by atoms with Gasteiger partial charge in [-0.1, -0.05) is 31.3 Å². The first kappa shape index (κ1) is 13.7. The monoisotopic (exact) mass is 274 g/mol. The van der Waals surface area contributed by atoms with E-state index in [1.54, 1.807) is 0 Å². The van der Waals surface area contributed by atoms with E-state index in [0.717, 1.165) is 34.8 Å². The van der Waals surface area contributed by atoms with E-state index >= 15 is 0 Å². The second kappa shape index (κ2) is 5.97. The fourth-order valence-corrected chi connectivity index (χ4v) is 2.22. The zero-order valence-electron chi connectivity index (χ0n) is 11.5. The molecule has 1 aromatic carbocycles. The number of aromatic amines is 1. The molecule has 1 N–H and O–H groups in total. The maximum absolute atomic E-state index is 5.64. The average molecular weight is 274 g/mol. The number of ether oxygens (including phenoxy) is 1. The van der Waals surface area contributed by atoms with Crippen molar-refractivity contribution in [1.82, 2.24) is 9.97 Å². The van der Waals surface area contributed by atoms with Gasteiger partial charge in [-0.3, -0.25) is 0 Å². The number of benzene rings is 1. The Labute approximate surface area is 118 Å². The van der Waals surface area contributed by atoms with Gasteiger partial charge in [0.15, 0.2) is 0 Å². The summed E-state index contributed by atoms with van der Waals surface area (Å²) in [6, 6.07) is 7.87. The van der Waals surface area contributed by atoms with Crippen molar-refractivity contribution in [2.75, 3.05) is 6.61 Å². The molecule has 1 heterocycles. The van der Waals surface area contributed by atoms with Crippen LogP contribution in [0, 0.1) is 11.6 Å². The lowest BCUT2D eigenvalue weighted by molar-refractivity contribution is 0.341. The second-order valence-corrected chi connectivity index (χ2v) is 4.66. The Bertz CT molecular complexity index is 634. The van der Waals surface area contributed by atoms with E-state index < -0.39 is 0 Å². The van der Waals surface area contributed by atoms with Crippen molar-refractivity contribution >= 4 is 12.2 Å². The summed E-state index contributed by atoms with van der Waals surface area (Å²) in [6.07, 6.45) is 0.905. The number of para-hydroxylation sites is 1. The highest BCUT2D eigenvalue weighted by Crippen LogP contribution is 2.27. The summed E-state index contributed by atoms with van der Waals surface area (Å²) in [7, 11) is 0. The lowest BCUT2D eigenvalue weighted by Crippen LogP contribution is -2.01. The van der Waals surface area contributed by atoms with Crippen molar-refractivity contribution in [1.29, 1.82) is 0 Å². The van der Waals surface area contributed by atoms with Crippen LogP contribution < -0.4 is 4.74 Å². The molecule has 0 saturated heterocycles. The van der Waals surface area contributed by atoms with E-state index in [9.17, 15) is 0 Å². The van der Waals surface area contributed by atoms with Crippen LogP contribution in [0.5, 0.6) is 5.75 Å². The van der Waals surface area contributed by atoms with Gasteiger partial charge in [0.25, 0.3) is 0 Å². The van der Waals surface area contributed by atoms with Crippen molar-refractivity contribution in [2.24, 2.45) is 0 Å². The largest absolute Gasteiger partial charge is 0.493 e. The van der Waals surface area contributed by atoms with Crippen molar-refractivity contribution in [3.63, 3.8) is 0 Å². The molecule has 0 radical (unpaired) electrons. The van der Waals surface area contributed by atoms with E-state index in [-0.39, 0.29) is 0 Å². The molecule has 3 nitrogen and oxygen atoms in total. The summed E-state index contributed by atoms with van der Waals surface area (Å²) in [6.45, 7) is 6.71. The number of hydrogen-bond acceptors (Lipinski definition) is 3. The Morgan fingerprint density at radius 2 is 2.00 bits per heavy atom. The lowest BCUT2D eigenvalue weighted by atomic mass is 10.1. The number of hydrogen-bond donors (Lipinski definition) is 1. The van der Waals surface area contributed by atoms with Gasteiger partial charge in [-0.05, 0) is 32.4 Å². The zero-order chi connectivity index (χ0) is 13.8. The summed E-state index contributed by atoms with van der Waals surface area (Å²) >= 11 is 5.33. The van der Waals surface area contributed by atoms with Gasteiger partial charge in [0.1, 0.15) is 16.2 Å². The molecule has 0 atom stereocenters. The minimum Gasteiger partial charge on any atom is -0.493 e. The van der Waals surface area contributed by atoms with Gasteiger partial charge in [0, 0.05) is 11.3 Å². The molecule has 0 aliphatic rings. The highest BCUT2D eigenvalue weighted by molar-refractivity contribution is 7.71. The van der Waals surface area contributed by atoms with Crippen LogP contribution in [-0.4, -0.2) is 16.6 Å². The molecule has 2 rings (SSSR count). The van der Waals surface area contributed by atoms with Crippen LogP contribution >= 0.6 is 12.2 Å². The standard InChI is InChI=1S/C15H18N2OS/c1-4-12-10(3)15(19)17-14(16-12)11-8-6-7-9-13(11)18-5-2/h6-9H,4-5H2,1-3H3,(H,16,17,19). The molecule has 4 heteroatoms. The predicted octanol–water partition coefficient (Wildman–Crippen LogP) is 4.08. The summed E-state index contributed by atoms with van der Waals surface area (Å²) in [5.74, 6) is 1.60. The SMILES string of the molecule is CCOc1ccccc1-c1nc(=S)c(C)c(CC)[nH]1. The zero-order valence-corrected chi connectivity index (χ0v) is 12.3. The molecule has 19 heavy (non-hydrogen) atoms. The molecule has 0 fully saturated rings. The van der Waals surface area contributed by atoms with E-state index in [2.05, 4.69) is 16.9 Å². The minimum absolute atomic E-state index is 0.629. The first-order chi connectivity index (χ1) is 9.17. The van der Waals surface area contributed by atoms with Crippen molar-refractivity contribution in [2.45, 2.75) is 27.2 Å². The minimum atomic E-state index is 0.629. The molecular weight excluding hydrogens is 256 g/mol. The second-order valence-electron chi connectivity index (χ2n) is 4.28. The topological polar surface area (TPSA) is 37.9 Å². The molecule has 0 bridgehead atoms. The quantitative estimate of drug-likeness (QED) is 0.854. The van der Waals surface area contributed by atoms with Gasteiger partial charge in [-0.15, -0.1) is 0 Å². The normalized spacial score (nSPS) is 10.5. The van der Waals surface area contributed by atoms with Crippen molar-refractivity contribution in [3.8, 4) is 17.1 Å². The highest BCUT2D eigenvalue weighted by atomic mass is 32.1. The van der Waals surface area contributed by atoms with Crippen molar-refractivity contribution in [3.05, 3.63) is 40.2 Å². The van der Waals surface area contributed by atoms with Gasteiger partial charge in [-0.25, -0.2) is 4.98 Å². The maximum Gasteiger partial charge on any atom is 0.142 e. The fraction of sp³-hybridized carbons (Fsp3) is 0.333. The first-order valence-electron chi connectivity index (χ1n) is 6.49. The molecular formula is C15H18N2OS.